The third-order valence-corrected chi connectivity index (χ3v) is 6.22. The molecule has 0 aliphatic heterocycles. The molecular formula is C25H24F6N2O3. The van der Waals surface area contributed by atoms with Crippen molar-refractivity contribution in [2.75, 3.05) is 0 Å². The van der Waals surface area contributed by atoms with E-state index in [0.29, 0.717) is 16.7 Å². The zero-order valence-electron chi connectivity index (χ0n) is 19.0. The summed E-state index contributed by atoms with van der Waals surface area (Å²) in [5, 5.41) is 2.42. The summed E-state index contributed by atoms with van der Waals surface area (Å²) in [6.07, 6.45) is -14.4. The molecule has 2 aromatic rings. The summed E-state index contributed by atoms with van der Waals surface area (Å²) < 4.78 is 77.3. The van der Waals surface area contributed by atoms with E-state index in [9.17, 15) is 40.7 Å². The Labute approximate surface area is 203 Å². The molecular weight excluding hydrogens is 490 g/mol. The van der Waals surface area contributed by atoms with Crippen molar-refractivity contribution in [3.63, 3.8) is 0 Å². The third kappa shape index (κ3) is 6.86. The van der Waals surface area contributed by atoms with E-state index < -0.39 is 73.5 Å². The van der Waals surface area contributed by atoms with Crippen molar-refractivity contribution in [2.24, 2.45) is 17.6 Å². The Morgan fingerprint density at radius 3 is 1.97 bits per heavy atom. The van der Waals surface area contributed by atoms with Crippen LogP contribution in [0, 0.1) is 11.8 Å². The first-order chi connectivity index (χ1) is 16.8. The second kappa shape index (κ2) is 10.7. The number of fused-ring (bicyclic) bond motifs is 3. The average molecular weight is 514 g/mol. The SMILES string of the molecule is NC(=O)[C@@H](CCC(F)(F)F)[C@@H](CCC(F)(F)F)C(=O)N[C@@H]1C(=O)Cc2ccccc2-c2ccccc21. The molecule has 3 atom stereocenters. The second-order valence-corrected chi connectivity index (χ2v) is 8.75. The number of halogens is 6. The summed E-state index contributed by atoms with van der Waals surface area (Å²) in [5.74, 6) is -6.52. The highest BCUT2D eigenvalue weighted by Crippen LogP contribution is 2.37. The van der Waals surface area contributed by atoms with Gasteiger partial charge in [0.05, 0.1) is 0 Å². The number of hydrogen-bond donors (Lipinski definition) is 2. The van der Waals surface area contributed by atoms with Crippen molar-refractivity contribution in [1.82, 2.24) is 5.32 Å². The molecule has 0 spiro atoms. The predicted molar refractivity (Wildman–Crippen MR) is 118 cm³/mol. The van der Waals surface area contributed by atoms with E-state index in [-0.39, 0.29) is 6.42 Å². The van der Waals surface area contributed by atoms with Crippen LogP contribution in [-0.2, 0) is 20.8 Å². The van der Waals surface area contributed by atoms with Gasteiger partial charge < -0.3 is 11.1 Å². The quantitative estimate of drug-likeness (QED) is 0.484. The van der Waals surface area contributed by atoms with E-state index in [1.165, 1.54) is 0 Å². The molecule has 0 heterocycles. The molecule has 0 radical (unpaired) electrons. The molecule has 1 aliphatic rings. The number of ketones is 1. The average Bonchev–Trinajstić information content (AvgIpc) is 2.89. The van der Waals surface area contributed by atoms with Crippen LogP contribution in [-0.4, -0.2) is 30.0 Å². The van der Waals surface area contributed by atoms with Gasteiger partial charge in [0.2, 0.25) is 11.8 Å². The summed E-state index contributed by atoms with van der Waals surface area (Å²) in [5.41, 5.74) is 7.67. The molecule has 2 amide bonds. The first kappa shape index (κ1) is 27.2. The topological polar surface area (TPSA) is 89.3 Å². The van der Waals surface area contributed by atoms with Crippen molar-refractivity contribution in [1.29, 1.82) is 0 Å². The first-order valence-corrected chi connectivity index (χ1v) is 11.2. The van der Waals surface area contributed by atoms with Gasteiger partial charge in [0, 0.05) is 31.1 Å². The molecule has 3 rings (SSSR count). The maximum absolute atomic E-state index is 13.2. The first-order valence-electron chi connectivity index (χ1n) is 11.2. The molecule has 0 fully saturated rings. The van der Waals surface area contributed by atoms with Gasteiger partial charge in [-0.25, -0.2) is 0 Å². The smallest absolute Gasteiger partial charge is 0.369 e. The van der Waals surface area contributed by atoms with Crippen LogP contribution in [0.25, 0.3) is 11.1 Å². The highest BCUT2D eigenvalue weighted by molar-refractivity contribution is 5.97. The molecule has 1 aliphatic carbocycles. The van der Waals surface area contributed by atoms with Gasteiger partial charge >= 0.3 is 12.4 Å². The predicted octanol–water partition coefficient (Wildman–Crippen LogP) is 5.04. The van der Waals surface area contributed by atoms with Crippen LogP contribution in [0.4, 0.5) is 26.3 Å². The van der Waals surface area contributed by atoms with Crippen LogP contribution < -0.4 is 11.1 Å². The Kier molecular flexibility index (Phi) is 8.10. The highest BCUT2D eigenvalue weighted by atomic mass is 19.4. The summed E-state index contributed by atoms with van der Waals surface area (Å²) >= 11 is 0. The summed E-state index contributed by atoms with van der Waals surface area (Å²) in [6, 6.07) is 12.4. The zero-order valence-corrected chi connectivity index (χ0v) is 19.0. The number of benzene rings is 2. The molecule has 0 unspecified atom stereocenters. The lowest BCUT2D eigenvalue weighted by molar-refractivity contribution is -0.152. The van der Waals surface area contributed by atoms with Crippen molar-refractivity contribution in [2.45, 2.75) is 50.5 Å². The molecule has 0 saturated carbocycles. The van der Waals surface area contributed by atoms with Crippen LogP contribution in [0.1, 0.15) is 42.9 Å². The minimum absolute atomic E-state index is 0.0870. The number of alkyl halides is 6. The van der Waals surface area contributed by atoms with Crippen molar-refractivity contribution in [3.8, 4) is 11.1 Å². The van der Waals surface area contributed by atoms with E-state index in [0.717, 1.165) is 5.56 Å². The van der Waals surface area contributed by atoms with E-state index in [4.69, 9.17) is 5.73 Å². The molecule has 0 bridgehead atoms. The van der Waals surface area contributed by atoms with Gasteiger partial charge in [-0.15, -0.1) is 0 Å². The largest absolute Gasteiger partial charge is 0.389 e. The number of primary amides is 1. The van der Waals surface area contributed by atoms with Gasteiger partial charge in [-0.3, -0.25) is 14.4 Å². The van der Waals surface area contributed by atoms with Crippen LogP contribution >= 0.6 is 0 Å². The maximum atomic E-state index is 13.2. The Hall–Kier alpha value is -3.37. The summed E-state index contributed by atoms with van der Waals surface area (Å²) in [4.78, 5) is 38.3. The van der Waals surface area contributed by atoms with Crippen molar-refractivity contribution < 1.29 is 40.7 Å². The Morgan fingerprint density at radius 2 is 1.39 bits per heavy atom. The lowest BCUT2D eigenvalue weighted by Crippen LogP contribution is -2.44. The lowest BCUT2D eigenvalue weighted by Gasteiger charge is -2.27. The van der Waals surface area contributed by atoms with Crippen LogP contribution in [0.3, 0.4) is 0 Å². The van der Waals surface area contributed by atoms with Crippen LogP contribution in [0.5, 0.6) is 0 Å². The molecule has 3 N–H and O–H groups in total. The second-order valence-electron chi connectivity index (χ2n) is 8.75. The fourth-order valence-corrected chi connectivity index (χ4v) is 4.50. The number of carbonyl (C=O) groups excluding carboxylic acids is 3. The lowest BCUT2D eigenvalue weighted by atomic mass is 9.83. The van der Waals surface area contributed by atoms with E-state index in [1.807, 2.05) is 0 Å². The van der Waals surface area contributed by atoms with Gasteiger partial charge in [-0.2, -0.15) is 26.3 Å². The Balaban J connectivity index is 1.95. The van der Waals surface area contributed by atoms with Gasteiger partial charge in [0.1, 0.15) is 6.04 Å². The fraction of sp³-hybridized carbons (Fsp3) is 0.400. The molecule has 0 saturated heterocycles. The zero-order chi connectivity index (χ0) is 26.7. The van der Waals surface area contributed by atoms with E-state index in [1.54, 1.807) is 48.5 Å². The normalized spacial score (nSPS) is 17.4. The number of nitrogens with two attached hydrogens (primary N) is 1. The van der Waals surface area contributed by atoms with Gasteiger partial charge in [0.25, 0.3) is 0 Å². The number of carbonyl (C=O) groups is 3. The molecule has 5 nitrogen and oxygen atoms in total. The fourth-order valence-electron chi connectivity index (χ4n) is 4.50. The number of hydrogen-bond acceptors (Lipinski definition) is 3. The monoisotopic (exact) mass is 514 g/mol. The standard InChI is InChI=1S/C25H24F6N2O3/c26-24(27,28)11-9-18(22(32)35)19(10-12-25(29,30)31)23(36)33-21-17-8-4-3-7-16(17)15-6-2-1-5-14(15)13-20(21)34/h1-8,18-19,21H,9-13H2,(H2,32,35)(H,33,36)/t18-,19+,21-/m0/s1. The Morgan fingerprint density at radius 1 is 0.861 bits per heavy atom. The molecule has 11 heteroatoms. The van der Waals surface area contributed by atoms with E-state index in [2.05, 4.69) is 5.32 Å². The summed E-state index contributed by atoms with van der Waals surface area (Å²) in [6.45, 7) is 0. The number of nitrogens with one attached hydrogen (secondary N) is 1. The minimum atomic E-state index is -4.73. The van der Waals surface area contributed by atoms with Gasteiger partial charge in [0.15, 0.2) is 5.78 Å². The molecule has 2 aromatic carbocycles. The number of Topliss-reactive ketones (excluding diaryl/α,β-unsaturated/α-hetero) is 1. The van der Waals surface area contributed by atoms with E-state index >= 15 is 0 Å². The van der Waals surface area contributed by atoms with Crippen molar-refractivity contribution >= 4 is 17.6 Å². The molecule has 0 aromatic heterocycles. The Bertz CT molecular complexity index is 1130. The minimum Gasteiger partial charge on any atom is -0.369 e. The highest BCUT2D eigenvalue weighted by Gasteiger charge is 2.40. The van der Waals surface area contributed by atoms with Crippen molar-refractivity contribution in [3.05, 3.63) is 59.7 Å². The number of amides is 2. The maximum Gasteiger partial charge on any atom is 0.389 e. The summed E-state index contributed by atoms with van der Waals surface area (Å²) in [7, 11) is 0. The molecule has 194 valence electrons. The number of rotatable bonds is 8. The third-order valence-electron chi connectivity index (χ3n) is 6.22. The van der Waals surface area contributed by atoms with Crippen LogP contribution in [0.2, 0.25) is 0 Å². The van der Waals surface area contributed by atoms with Gasteiger partial charge in [-0.05, 0) is 35.1 Å². The van der Waals surface area contributed by atoms with Crippen LogP contribution in [0.15, 0.2) is 48.5 Å². The molecule has 36 heavy (non-hydrogen) atoms. The van der Waals surface area contributed by atoms with Gasteiger partial charge in [-0.1, -0.05) is 48.5 Å².